The highest BCUT2D eigenvalue weighted by Gasteiger charge is 2.27. The van der Waals surface area contributed by atoms with Crippen LogP contribution >= 0.6 is 15.9 Å². The second kappa shape index (κ2) is 9.08. The summed E-state index contributed by atoms with van der Waals surface area (Å²) in [5, 5.41) is 3.05. The number of rotatable bonds is 7. The molecule has 3 rings (SSSR count). The van der Waals surface area contributed by atoms with Gasteiger partial charge in [-0.15, -0.1) is 0 Å². The van der Waals surface area contributed by atoms with Crippen LogP contribution in [0.4, 0.5) is 5.69 Å². The summed E-state index contributed by atoms with van der Waals surface area (Å²) in [6.07, 6.45) is 6.48. The van der Waals surface area contributed by atoms with Gasteiger partial charge in [0.25, 0.3) is 5.91 Å². The summed E-state index contributed by atoms with van der Waals surface area (Å²) in [7, 11) is 0. The molecule has 0 atom stereocenters. The van der Waals surface area contributed by atoms with Crippen molar-refractivity contribution in [2.24, 2.45) is 0 Å². The van der Waals surface area contributed by atoms with Gasteiger partial charge in [0, 0.05) is 28.6 Å². The van der Waals surface area contributed by atoms with Crippen LogP contribution in [0.5, 0.6) is 0 Å². The first-order valence-corrected chi connectivity index (χ1v) is 11.1. The zero-order valence-corrected chi connectivity index (χ0v) is 18.5. The van der Waals surface area contributed by atoms with E-state index in [4.69, 9.17) is 4.42 Å². The van der Waals surface area contributed by atoms with Gasteiger partial charge in [-0.05, 0) is 55.4 Å². The van der Waals surface area contributed by atoms with Crippen molar-refractivity contribution in [3.8, 4) is 0 Å². The topological polar surface area (TPSA) is 59.3 Å². The molecule has 1 amide bonds. The molecule has 0 saturated heterocycles. The molecule has 28 heavy (non-hydrogen) atoms. The van der Waals surface area contributed by atoms with E-state index in [1.54, 1.807) is 0 Å². The molecule has 0 spiro atoms. The van der Waals surface area contributed by atoms with Crippen molar-refractivity contribution in [2.45, 2.75) is 72.1 Å². The molecule has 1 heterocycles. The summed E-state index contributed by atoms with van der Waals surface area (Å²) in [6.45, 7) is 6.22. The lowest BCUT2D eigenvalue weighted by Crippen LogP contribution is -2.27. The van der Waals surface area contributed by atoms with E-state index in [-0.39, 0.29) is 16.9 Å². The van der Waals surface area contributed by atoms with Crippen LogP contribution in [0.25, 0.3) is 0 Å². The van der Waals surface area contributed by atoms with Gasteiger partial charge in [-0.2, -0.15) is 0 Å². The molecule has 2 aromatic rings. The first-order valence-electron chi connectivity index (χ1n) is 10.3. The summed E-state index contributed by atoms with van der Waals surface area (Å²) < 4.78 is 7.06. The zero-order valence-electron chi connectivity index (χ0n) is 16.9. The predicted octanol–water partition coefficient (Wildman–Crippen LogP) is 5.61. The van der Waals surface area contributed by atoms with Crippen LogP contribution in [0.15, 0.2) is 25.8 Å². The first-order chi connectivity index (χ1) is 13.5. The van der Waals surface area contributed by atoms with Crippen molar-refractivity contribution in [3.05, 3.63) is 60.6 Å². The lowest BCUT2D eigenvalue weighted by Gasteiger charge is -2.17. The monoisotopic (exact) mass is 445 g/mol. The minimum absolute atomic E-state index is 0.143. The molecular formula is C23H28BrNO3. The van der Waals surface area contributed by atoms with Crippen molar-refractivity contribution < 1.29 is 9.21 Å². The number of hydrogen-bond donors (Lipinski definition) is 1. The van der Waals surface area contributed by atoms with Gasteiger partial charge in [0.2, 0.25) is 5.43 Å². The molecule has 0 unspecified atom stereocenters. The van der Waals surface area contributed by atoms with Gasteiger partial charge in [0.15, 0.2) is 0 Å². The fourth-order valence-electron chi connectivity index (χ4n) is 3.91. The molecule has 0 aliphatic heterocycles. The van der Waals surface area contributed by atoms with Crippen molar-refractivity contribution in [2.75, 3.05) is 5.32 Å². The second-order valence-corrected chi connectivity index (χ2v) is 8.26. The van der Waals surface area contributed by atoms with Crippen LogP contribution in [0.3, 0.4) is 0 Å². The molecule has 1 aliphatic carbocycles. The van der Waals surface area contributed by atoms with Gasteiger partial charge in [0.1, 0.15) is 17.1 Å². The van der Waals surface area contributed by atoms with Crippen LogP contribution < -0.4 is 10.7 Å². The Bertz CT molecular complexity index is 921. The molecule has 5 heteroatoms. The number of benzene rings is 1. The number of nitrogens with one attached hydrogen (secondary N) is 1. The summed E-state index contributed by atoms with van der Waals surface area (Å²) in [4.78, 5) is 26.4. The molecule has 4 nitrogen and oxygen atoms in total. The smallest absolute Gasteiger partial charge is 0.263 e. The Morgan fingerprint density at radius 3 is 2.43 bits per heavy atom. The summed E-state index contributed by atoms with van der Waals surface area (Å²) in [5.41, 5.74) is 3.67. The van der Waals surface area contributed by atoms with Crippen LogP contribution in [0.2, 0.25) is 0 Å². The SMILES string of the molecule is CCCCc1oc2c(c(=O)c1C(=O)Nc1c(CC)cc(Br)cc1CC)CCC2. The molecule has 0 bridgehead atoms. The lowest BCUT2D eigenvalue weighted by molar-refractivity contribution is 0.102. The minimum atomic E-state index is -0.346. The van der Waals surface area contributed by atoms with E-state index in [1.165, 1.54) is 0 Å². The van der Waals surface area contributed by atoms with Crippen molar-refractivity contribution in [1.82, 2.24) is 0 Å². The van der Waals surface area contributed by atoms with E-state index in [1.807, 2.05) is 12.1 Å². The number of anilines is 1. The van der Waals surface area contributed by atoms with Gasteiger partial charge in [0.05, 0.1) is 0 Å². The highest BCUT2D eigenvalue weighted by atomic mass is 79.9. The second-order valence-electron chi connectivity index (χ2n) is 7.35. The van der Waals surface area contributed by atoms with Crippen LogP contribution in [0, 0.1) is 0 Å². The Morgan fingerprint density at radius 2 is 1.82 bits per heavy atom. The number of carbonyl (C=O) groups is 1. The van der Waals surface area contributed by atoms with E-state index in [2.05, 4.69) is 42.0 Å². The maximum Gasteiger partial charge on any atom is 0.263 e. The normalized spacial score (nSPS) is 12.9. The molecule has 1 aromatic heterocycles. The fraction of sp³-hybridized carbons (Fsp3) is 0.478. The van der Waals surface area contributed by atoms with E-state index in [0.29, 0.717) is 24.2 Å². The summed E-state index contributed by atoms with van der Waals surface area (Å²) in [6, 6.07) is 4.05. The third-order valence-electron chi connectivity index (χ3n) is 5.44. The van der Waals surface area contributed by atoms with Gasteiger partial charge in [-0.1, -0.05) is 43.1 Å². The molecule has 0 fully saturated rings. The van der Waals surface area contributed by atoms with Gasteiger partial charge in [-0.25, -0.2) is 0 Å². The van der Waals surface area contributed by atoms with E-state index in [0.717, 1.165) is 65.6 Å². The minimum Gasteiger partial charge on any atom is -0.465 e. The zero-order chi connectivity index (χ0) is 20.3. The van der Waals surface area contributed by atoms with Crippen molar-refractivity contribution in [1.29, 1.82) is 0 Å². The fourth-order valence-corrected chi connectivity index (χ4v) is 4.46. The number of unbranched alkanes of at least 4 members (excludes halogenated alkanes) is 1. The predicted molar refractivity (Wildman–Crippen MR) is 116 cm³/mol. The number of halogens is 1. The average molecular weight is 446 g/mol. The Balaban J connectivity index is 2.05. The maximum atomic E-state index is 13.3. The highest BCUT2D eigenvalue weighted by Crippen LogP contribution is 2.29. The quantitative estimate of drug-likeness (QED) is 0.602. The van der Waals surface area contributed by atoms with Gasteiger partial charge < -0.3 is 9.73 Å². The molecule has 150 valence electrons. The van der Waals surface area contributed by atoms with Gasteiger partial charge >= 0.3 is 0 Å². The van der Waals surface area contributed by atoms with Crippen LogP contribution in [0.1, 0.15) is 78.6 Å². The molecule has 1 aliphatic rings. The van der Waals surface area contributed by atoms with Crippen LogP contribution in [-0.2, 0) is 32.1 Å². The third-order valence-corrected chi connectivity index (χ3v) is 5.90. The Kier molecular flexibility index (Phi) is 6.76. The Labute approximate surface area is 174 Å². The first kappa shape index (κ1) is 20.8. The molecule has 1 N–H and O–H groups in total. The third kappa shape index (κ3) is 4.09. The van der Waals surface area contributed by atoms with Crippen molar-refractivity contribution in [3.63, 3.8) is 0 Å². The number of hydrogen-bond acceptors (Lipinski definition) is 3. The number of amides is 1. The van der Waals surface area contributed by atoms with E-state index in [9.17, 15) is 9.59 Å². The maximum absolute atomic E-state index is 13.3. The highest BCUT2D eigenvalue weighted by molar-refractivity contribution is 9.10. The number of fused-ring (bicyclic) bond motifs is 1. The summed E-state index contributed by atoms with van der Waals surface area (Å²) >= 11 is 3.55. The van der Waals surface area contributed by atoms with Crippen molar-refractivity contribution >= 4 is 27.5 Å². The number of aryl methyl sites for hydroxylation is 4. The molecule has 1 aromatic carbocycles. The largest absolute Gasteiger partial charge is 0.465 e. The standard InChI is InChI=1S/C23H28BrNO3/c1-4-7-10-19-20(22(26)17-9-8-11-18(17)28-19)23(27)25-21-14(5-2)12-16(24)13-15(21)6-3/h12-13H,4-11H2,1-3H3,(H,25,27). The van der Waals surface area contributed by atoms with Crippen LogP contribution in [-0.4, -0.2) is 5.91 Å². The molecule has 0 radical (unpaired) electrons. The molecule has 0 saturated carbocycles. The Hall–Kier alpha value is -1.88. The number of carbonyl (C=O) groups excluding carboxylic acids is 1. The Morgan fingerprint density at radius 1 is 1.14 bits per heavy atom. The molecular weight excluding hydrogens is 418 g/mol. The average Bonchev–Trinajstić information content (AvgIpc) is 3.16. The summed E-state index contributed by atoms with van der Waals surface area (Å²) in [5.74, 6) is 0.972. The van der Waals surface area contributed by atoms with E-state index >= 15 is 0 Å². The van der Waals surface area contributed by atoms with E-state index < -0.39 is 0 Å². The van der Waals surface area contributed by atoms with Gasteiger partial charge in [-0.3, -0.25) is 9.59 Å². The lowest BCUT2D eigenvalue weighted by atomic mass is 10.0.